The molecular formula is C22H25N3OS. The van der Waals surface area contributed by atoms with Gasteiger partial charge in [-0.15, -0.1) is 11.3 Å². The van der Waals surface area contributed by atoms with Gasteiger partial charge >= 0.3 is 0 Å². The summed E-state index contributed by atoms with van der Waals surface area (Å²) in [6.07, 6.45) is 2.37. The number of hydrogen-bond donors (Lipinski definition) is 1. The van der Waals surface area contributed by atoms with Crippen molar-refractivity contribution in [1.82, 2.24) is 9.88 Å². The van der Waals surface area contributed by atoms with Gasteiger partial charge in [0.05, 0.1) is 16.8 Å². The van der Waals surface area contributed by atoms with E-state index in [0.29, 0.717) is 6.54 Å². The first-order valence-corrected chi connectivity index (χ1v) is 10.4. The number of anilines is 1. The highest BCUT2D eigenvalue weighted by Crippen LogP contribution is 2.31. The van der Waals surface area contributed by atoms with E-state index in [2.05, 4.69) is 42.3 Å². The maximum atomic E-state index is 12.3. The maximum absolute atomic E-state index is 12.3. The average Bonchev–Trinajstić information content (AvgIpc) is 3.07. The van der Waals surface area contributed by atoms with Gasteiger partial charge in [-0.25, -0.2) is 4.98 Å². The molecule has 0 unspecified atom stereocenters. The highest BCUT2D eigenvalue weighted by Gasteiger charge is 2.18. The van der Waals surface area contributed by atoms with E-state index in [9.17, 15) is 4.79 Å². The van der Waals surface area contributed by atoms with Crippen molar-refractivity contribution in [3.63, 3.8) is 0 Å². The molecule has 1 saturated heterocycles. The molecule has 0 saturated carbocycles. The van der Waals surface area contributed by atoms with Crippen LogP contribution in [0.1, 0.15) is 25.3 Å². The van der Waals surface area contributed by atoms with Crippen LogP contribution >= 0.6 is 11.3 Å². The van der Waals surface area contributed by atoms with E-state index in [-0.39, 0.29) is 5.91 Å². The predicted molar refractivity (Wildman–Crippen MR) is 113 cm³/mol. The Morgan fingerprint density at radius 2 is 1.93 bits per heavy atom. The smallest absolute Gasteiger partial charge is 0.238 e. The van der Waals surface area contributed by atoms with E-state index < -0.39 is 0 Å². The molecule has 4 rings (SSSR count). The molecule has 1 N–H and O–H groups in total. The Labute approximate surface area is 164 Å². The van der Waals surface area contributed by atoms with Crippen LogP contribution in [-0.2, 0) is 4.79 Å². The second-order valence-corrected chi connectivity index (χ2v) is 8.61. The quantitative estimate of drug-likeness (QED) is 0.698. The van der Waals surface area contributed by atoms with Crippen LogP contribution < -0.4 is 5.32 Å². The molecule has 0 radical (unpaired) electrons. The summed E-state index contributed by atoms with van der Waals surface area (Å²) >= 11 is 1.70. The Morgan fingerprint density at radius 3 is 2.67 bits per heavy atom. The van der Waals surface area contributed by atoms with Gasteiger partial charge in [-0.3, -0.25) is 9.69 Å². The minimum absolute atomic E-state index is 0.0627. The number of aromatic nitrogens is 1. The molecule has 140 valence electrons. The van der Waals surface area contributed by atoms with E-state index in [1.54, 1.807) is 11.3 Å². The zero-order valence-corrected chi connectivity index (χ0v) is 16.7. The van der Waals surface area contributed by atoms with Crippen LogP contribution in [0.5, 0.6) is 0 Å². The van der Waals surface area contributed by atoms with Crippen LogP contribution in [-0.4, -0.2) is 35.4 Å². The predicted octanol–water partition coefficient (Wildman–Crippen LogP) is 4.94. The summed E-state index contributed by atoms with van der Waals surface area (Å²) in [5.74, 6) is 0.844. The van der Waals surface area contributed by atoms with Crippen molar-refractivity contribution < 1.29 is 4.79 Å². The summed E-state index contributed by atoms with van der Waals surface area (Å²) < 4.78 is 1.21. The molecule has 2 heterocycles. The van der Waals surface area contributed by atoms with Gasteiger partial charge in [-0.2, -0.15) is 0 Å². The molecule has 1 amide bonds. The molecule has 2 aromatic carbocycles. The molecule has 0 atom stereocenters. The number of hydrogen-bond acceptors (Lipinski definition) is 4. The van der Waals surface area contributed by atoms with Crippen LogP contribution in [0, 0.1) is 12.8 Å². The summed E-state index contributed by atoms with van der Waals surface area (Å²) in [6.45, 7) is 6.90. The molecule has 0 bridgehead atoms. The zero-order chi connectivity index (χ0) is 18.8. The fourth-order valence-electron chi connectivity index (χ4n) is 3.48. The Hall–Kier alpha value is -2.24. The number of aryl methyl sites for hydroxylation is 1. The van der Waals surface area contributed by atoms with Crippen molar-refractivity contribution in [2.45, 2.75) is 26.7 Å². The standard InChI is InChI=1S/C22H25N3OS/c1-15-9-11-25(12-10-15)14-21(26)23-18-6-4-17(5-7-18)22-24-19-8-3-16(2)13-20(19)27-22/h3-8,13,15H,9-12,14H2,1-2H3,(H,23,26). The topological polar surface area (TPSA) is 45.2 Å². The third kappa shape index (κ3) is 4.37. The maximum Gasteiger partial charge on any atom is 0.238 e. The molecule has 3 aromatic rings. The summed E-state index contributed by atoms with van der Waals surface area (Å²) in [6, 6.07) is 14.3. The van der Waals surface area contributed by atoms with Gasteiger partial charge in [0.15, 0.2) is 0 Å². The average molecular weight is 380 g/mol. The highest BCUT2D eigenvalue weighted by molar-refractivity contribution is 7.21. The first-order chi connectivity index (χ1) is 13.1. The van der Waals surface area contributed by atoms with Crippen molar-refractivity contribution in [2.24, 2.45) is 5.92 Å². The molecule has 0 aliphatic carbocycles. The van der Waals surface area contributed by atoms with Crippen LogP contribution in [0.25, 0.3) is 20.8 Å². The second kappa shape index (κ2) is 7.79. The van der Waals surface area contributed by atoms with Gasteiger partial charge in [0, 0.05) is 11.3 Å². The normalized spacial score (nSPS) is 15.9. The first kappa shape index (κ1) is 18.1. The monoisotopic (exact) mass is 379 g/mol. The van der Waals surface area contributed by atoms with Crippen molar-refractivity contribution in [3.8, 4) is 10.6 Å². The SMILES string of the molecule is Cc1ccc2nc(-c3ccc(NC(=O)CN4CCC(C)CC4)cc3)sc2c1. The molecular weight excluding hydrogens is 354 g/mol. The lowest BCUT2D eigenvalue weighted by Gasteiger charge is -2.29. The number of rotatable bonds is 4. The number of amides is 1. The Bertz CT molecular complexity index is 940. The number of thiazole rings is 1. The number of likely N-dealkylation sites (tertiary alicyclic amines) is 1. The van der Waals surface area contributed by atoms with Gasteiger partial charge in [-0.1, -0.05) is 13.0 Å². The van der Waals surface area contributed by atoms with E-state index >= 15 is 0 Å². The first-order valence-electron chi connectivity index (χ1n) is 9.57. The van der Waals surface area contributed by atoms with Gasteiger partial charge in [-0.05, 0) is 80.7 Å². The summed E-state index contributed by atoms with van der Waals surface area (Å²) in [4.78, 5) is 19.3. The lowest BCUT2D eigenvalue weighted by Crippen LogP contribution is -2.38. The van der Waals surface area contributed by atoms with Gasteiger partial charge < -0.3 is 5.32 Å². The number of carbonyl (C=O) groups excluding carboxylic acids is 1. The third-order valence-electron chi connectivity index (χ3n) is 5.20. The fourth-order valence-corrected chi connectivity index (χ4v) is 4.54. The molecule has 5 heteroatoms. The van der Waals surface area contributed by atoms with Crippen molar-refractivity contribution in [1.29, 1.82) is 0 Å². The van der Waals surface area contributed by atoms with Crippen LogP contribution in [0.4, 0.5) is 5.69 Å². The van der Waals surface area contributed by atoms with Gasteiger partial charge in [0.2, 0.25) is 5.91 Å². The number of nitrogens with one attached hydrogen (secondary N) is 1. The highest BCUT2D eigenvalue weighted by atomic mass is 32.1. The Morgan fingerprint density at radius 1 is 1.19 bits per heavy atom. The van der Waals surface area contributed by atoms with Crippen molar-refractivity contribution >= 4 is 33.1 Å². The fraction of sp³-hybridized carbons (Fsp3) is 0.364. The summed E-state index contributed by atoms with van der Waals surface area (Å²) in [5.41, 5.74) is 4.20. The number of nitrogens with zero attached hydrogens (tertiary/aromatic N) is 2. The van der Waals surface area contributed by atoms with Crippen molar-refractivity contribution in [2.75, 3.05) is 25.0 Å². The summed E-state index contributed by atoms with van der Waals surface area (Å²) in [5, 5.41) is 4.03. The Kier molecular flexibility index (Phi) is 5.23. The third-order valence-corrected chi connectivity index (χ3v) is 6.27. The molecule has 0 spiro atoms. The second-order valence-electron chi connectivity index (χ2n) is 7.57. The number of fused-ring (bicyclic) bond motifs is 1. The minimum Gasteiger partial charge on any atom is -0.325 e. The Balaban J connectivity index is 1.40. The van der Waals surface area contributed by atoms with E-state index in [1.165, 1.54) is 23.1 Å². The lowest BCUT2D eigenvalue weighted by atomic mass is 9.99. The van der Waals surface area contributed by atoms with E-state index in [0.717, 1.165) is 40.8 Å². The van der Waals surface area contributed by atoms with Gasteiger partial charge in [0.1, 0.15) is 5.01 Å². The number of piperidine rings is 1. The largest absolute Gasteiger partial charge is 0.325 e. The molecule has 1 aliphatic rings. The molecule has 4 nitrogen and oxygen atoms in total. The van der Waals surface area contributed by atoms with Crippen molar-refractivity contribution in [3.05, 3.63) is 48.0 Å². The lowest BCUT2D eigenvalue weighted by molar-refractivity contribution is -0.117. The molecule has 1 aliphatic heterocycles. The number of carbonyl (C=O) groups is 1. The van der Waals surface area contributed by atoms with E-state index in [4.69, 9.17) is 4.98 Å². The van der Waals surface area contributed by atoms with Crippen LogP contribution in [0.3, 0.4) is 0 Å². The zero-order valence-electron chi connectivity index (χ0n) is 15.9. The molecule has 1 aromatic heterocycles. The summed E-state index contributed by atoms with van der Waals surface area (Å²) in [7, 11) is 0. The van der Waals surface area contributed by atoms with E-state index in [1.807, 2.05) is 24.3 Å². The number of benzene rings is 2. The van der Waals surface area contributed by atoms with Crippen LogP contribution in [0.15, 0.2) is 42.5 Å². The molecule has 27 heavy (non-hydrogen) atoms. The molecule has 1 fully saturated rings. The van der Waals surface area contributed by atoms with Crippen LogP contribution in [0.2, 0.25) is 0 Å². The minimum atomic E-state index is 0.0627. The van der Waals surface area contributed by atoms with Gasteiger partial charge in [0.25, 0.3) is 0 Å².